The van der Waals surface area contributed by atoms with E-state index >= 15 is 0 Å². The Bertz CT molecular complexity index is 301. The van der Waals surface area contributed by atoms with E-state index in [1.165, 1.54) is 56.9 Å². The summed E-state index contributed by atoms with van der Waals surface area (Å²) in [6, 6.07) is 10.9. The molecule has 17 heavy (non-hydrogen) atoms. The van der Waals surface area contributed by atoms with Gasteiger partial charge in [0.25, 0.3) is 0 Å². The van der Waals surface area contributed by atoms with Crippen molar-refractivity contribution in [2.45, 2.75) is 58.3 Å². The summed E-state index contributed by atoms with van der Waals surface area (Å²) in [6.07, 6.45) is 11.5. The maximum absolute atomic E-state index is 2.41. The van der Waals surface area contributed by atoms with E-state index in [9.17, 15) is 0 Å². The van der Waals surface area contributed by atoms with Crippen LogP contribution < -0.4 is 0 Å². The molecule has 0 radical (unpaired) electrons. The van der Waals surface area contributed by atoms with Crippen molar-refractivity contribution in [3.8, 4) is 0 Å². The zero-order valence-electron chi connectivity index (χ0n) is 11.2. The molecule has 1 saturated carbocycles. The topological polar surface area (TPSA) is 0 Å². The van der Waals surface area contributed by atoms with Gasteiger partial charge in [0.05, 0.1) is 0 Å². The minimum Gasteiger partial charge on any atom is -0.0625 e. The van der Waals surface area contributed by atoms with Crippen LogP contribution in [0, 0.1) is 11.8 Å². The van der Waals surface area contributed by atoms with Gasteiger partial charge in [0.2, 0.25) is 0 Å². The van der Waals surface area contributed by atoms with E-state index in [0.29, 0.717) is 0 Å². The molecule has 94 valence electrons. The molecular weight excluding hydrogens is 204 g/mol. The van der Waals surface area contributed by atoms with Crippen molar-refractivity contribution in [1.82, 2.24) is 0 Å². The van der Waals surface area contributed by atoms with Crippen LogP contribution in [0.25, 0.3) is 0 Å². The third-order valence-corrected chi connectivity index (χ3v) is 4.22. The van der Waals surface area contributed by atoms with Crippen LogP contribution in [0.1, 0.15) is 57.4 Å². The Hall–Kier alpha value is -0.780. The van der Waals surface area contributed by atoms with Crippen molar-refractivity contribution in [2.75, 3.05) is 0 Å². The van der Waals surface area contributed by atoms with Gasteiger partial charge in [-0.3, -0.25) is 0 Å². The highest BCUT2D eigenvalue weighted by Crippen LogP contribution is 2.33. The van der Waals surface area contributed by atoms with E-state index < -0.39 is 0 Å². The molecule has 2 atom stereocenters. The van der Waals surface area contributed by atoms with Gasteiger partial charge in [-0.1, -0.05) is 69.4 Å². The molecule has 0 aromatic heterocycles. The molecule has 0 amide bonds. The zero-order chi connectivity index (χ0) is 11.9. The average Bonchev–Trinajstić information content (AvgIpc) is 2.76. The Balaban J connectivity index is 1.52. The summed E-state index contributed by atoms with van der Waals surface area (Å²) in [5.74, 6) is 2.06. The van der Waals surface area contributed by atoms with Gasteiger partial charge in [0, 0.05) is 0 Å². The van der Waals surface area contributed by atoms with E-state index in [1.807, 2.05) is 0 Å². The van der Waals surface area contributed by atoms with Crippen LogP contribution in [0.5, 0.6) is 0 Å². The molecule has 0 spiro atoms. The number of rotatable bonds is 6. The van der Waals surface area contributed by atoms with Crippen LogP contribution in [0.3, 0.4) is 0 Å². The van der Waals surface area contributed by atoms with Gasteiger partial charge in [-0.25, -0.2) is 0 Å². The number of aryl methyl sites for hydroxylation is 1. The summed E-state index contributed by atoms with van der Waals surface area (Å²) in [5, 5.41) is 0. The maximum atomic E-state index is 2.41. The second kappa shape index (κ2) is 6.83. The van der Waals surface area contributed by atoms with E-state index in [2.05, 4.69) is 37.3 Å². The molecule has 1 aliphatic carbocycles. The van der Waals surface area contributed by atoms with E-state index in [-0.39, 0.29) is 0 Å². The van der Waals surface area contributed by atoms with Crippen LogP contribution >= 0.6 is 0 Å². The fraction of sp³-hybridized carbons (Fsp3) is 0.647. The van der Waals surface area contributed by atoms with Gasteiger partial charge in [-0.15, -0.1) is 0 Å². The molecule has 0 heteroatoms. The molecule has 2 unspecified atom stereocenters. The summed E-state index contributed by atoms with van der Waals surface area (Å²) in [5.41, 5.74) is 1.50. The Labute approximate surface area is 106 Å². The number of hydrogen-bond donors (Lipinski definition) is 0. The third kappa shape index (κ3) is 4.53. The Kier molecular flexibility index (Phi) is 5.09. The molecule has 1 aromatic carbocycles. The first-order valence-corrected chi connectivity index (χ1v) is 7.38. The standard InChI is InChI=1S/C17H26/c1-15-12-13-17(14-15)11-7-3-6-10-16-8-4-2-5-9-16/h2,4-5,8-9,15,17H,3,6-7,10-14H2,1H3. The minimum atomic E-state index is 1.00. The number of hydrogen-bond acceptors (Lipinski definition) is 0. The van der Waals surface area contributed by atoms with Crippen molar-refractivity contribution in [3.63, 3.8) is 0 Å². The first-order valence-electron chi connectivity index (χ1n) is 7.38. The van der Waals surface area contributed by atoms with Crippen molar-refractivity contribution >= 4 is 0 Å². The van der Waals surface area contributed by atoms with Crippen LogP contribution in [0.2, 0.25) is 0 Å². The average molecular weight is 230 g/mol. The largest absolute Gasteiger partial charge is 0.0625 e. The molecule has 0 aliphatic heterocycles. The van der Waals surface area contributed by atoms with Gasteiger partial charge in [-0.2, -0.15) is 0 Å². The second-order valence-corrected chi connectivity index (χ2v) is 5.87. The van der Waals surface area contributed by atoms with Gasteiger partial charge >= 0.3 is 0 Å². The summed E-state index contributed by atoms with van der Waals surface area (Å²) >= 11 is 0. The van der Waals surface area contributed by atoms with Crippen LogP contribution in [0.15, 0.2) is 30.3 Å². The molecule has 0 saturated heterocycles. The van der Waals surface area contributed by atoms with Crippen molar-refractivity contribution < 1.29 is 0 Å². The Morgan fingerprint density at radius 2 is 1.82 bits per heavy atom. The third-order valence-electron chi connectivity index (χ3n) is 4.22. The van der Waals surface area contributed by atoms with Crippen LogP contribution in [0.4, 0.5) is 0 Å². The SMILES string of the molecule is CC1CCC(CCCCCc2ccccc2)C1. The highest BCUT2D eigenvalue weighted by atomic mass is 14.3. The molecule has 0 heterocycles. The summed E-state index contributed by atoms with van der Waals surface area (Å²) in [7, 11) is 0. The molecule has 2 rings (SSSR count). The predicted octanol–water partition coefficient (Wildman–Crippen LogP) is 5.23. The van der Waals surface area contributed by atoms with Crippen molar-refractivity contribution in [3.05, 3.63) is 35.9 Å². The van der Waals surface area contributed by atoms with E-state index in [1.54, 1.807) is 0 Å². The number of benzene rings is 1. The molecular formula is C17H26. The first kappa shape index (κ1) is 12.7. The van der Waals surface area contributed by atoms with Gasteiger partial charge in [-0.05, 0) is 36.7 Å². The lowest BCUT2D eigenvalue weighted by Crippen LogP contribution is -1.95. The lowest BCUT2D eigenvalue weighted by Gasteiger charge is -2.08. The lowest BCUT2D eigenvalue weighted by atomic mass is 9.97. The smallest absolute Gasteiger partial charge is 0.0279 e. The lowest BCUT2D eigenvalue weighted by molar-refractivity contribution is 0.451. The molecule has 0 bridgehead atoms. The van der Waals surface area contributed by atoms with Gasteiger partial charge in [0.1, 0.15) is 0 Å². The van der Waals surface area contributed by atoms with E-state index in [4.69, 9.17) is 0 Å². The first-order chi connectivity index (χ1) is 8.34. The minimum absolute atomic E-state index is 1.00. The highest BCUT2D eigenvalue weighted by molar-refractivity contribution is 5.14. The molecule has 1 aromatic rings. The summed E-state index contributed by atoms with van der Waals surface area (Å²) < 4.78 is 0. The van der Waals surface area contributed by atoms with Crippen molar-refractivity contribution in [2.24, 2.45) is 11.8 Å². The summed E-state index contributed by atoms with van der Waals surface area (Å²) in [6.45, 7) is 2.41. The predicted molar refractivity (Wildman–Crippen MR) is 75.1 cm³/mol. The van der Waals surface area contributed by atoms with Crippen molar-refractivity contribution in [1.29, 1.82) is 0 Å². The second-order valence-electron chi connectivity index (χ2n) is 5.87. The molecule has 1 fully saturated rings. The maximum Gasteiger partial charge on any atom is -0.0279 e. The van der Waals surface area contributed by atoms with Crippen LogP contribution in [-0.2, 0) is 6.42 Å². The van der Waals surface area contributed by atoms with Gasteiger partial charge < -0.3 is 0 Å². The van der Waals surface area contributed by atoms with Gasteiger partial charge in [0.15, 0.2) is 0 Å². The molecule has 1 aliphatic rings. The fourth-order valence-corrected chi connectivity index (χ4v) is 3.17. The molecule has 0 nitrogen and oxygen atoms in total. The zero-order valence-corrected chi connectivity index (χ0v) is 11.2. The quantitative estimate of drug-likeness (QED) is 0.587. The Morgan fingerprint density at radius 1 is 1.00 bits per heavy atom. The van der Waals surface area contributed by atoms with E-state index in [0.717, 1.165) is 11.8 Å². The highest BCUT2D eigenvalue weighted by Gasteiger charge is 2.20. The monoisotopic (exact) mass is 230 g/mol. The number of unbranched alkanes of at least 4 members (excludes halogenated alkanes) is 2. The normalized spacial score (nSPS) is 24.1. The molecule has 0 N–H and O–H groups in total. The fourth-order valence-electron chi connectivity index (χ4n) is 3.17. The Morgan fingerprint density at radius 3 is 2.53 bits per heavy atom. The summed E-state index contributed by atoms with van der Waals surface area (Å²) in [4.78, 5) is 0. The van der Waals surface area contributed by atoms with Crippen LogP contribution in [-0.4, -0.2) is 0 Å².